The maximum absolute atomic E-state index is 13.7. The Morgan fingerprint density at radius 3 is 2.74 bits per heavy atom. The fourth-order valence-electron chi connectivity index (χ4n) is 1.77. The highest BCUT2D eigenvalue weighted by molar-refractivity contribution is 5.94. The Kier molecular flexibility index (Phi) is 3.55. The molecule has 0 radical (unpaired) electrons. The van der Waals surface area contributed by atoms with Gasteiger partial charge in [-0.2, -0.15) is 0 Å². The molecule has 1 heterocycles. The zero-order valence-corrected chi connectivity index (χ0v) is 10.8. The SMILES string of the molecule is Cc1ccoc1CNc1cc(C(N)=O)cc(F)c1C. The topological polar surface area (TPSA) is 68.3 Å². The van der Waals surface area contributed by atoms with Gasteiger partial charge in [-0.05, 0) is 37.6 Å². The van der Waals surface area contributed by atoms with E-state index in [4.69, 9.17) is 10.2 Å². The van der Waals surface area contributed by atoms with Gasteiger partial charge in [-0.25, -0.2) is 4.39 Å². The Hall–Kier alpha value is -2.30. The Morgan fingerprint density at radius 2 is 2.16 bits per heavy atom. The van der Waals surface area contributed by atoms with Crippen LogP contribution in [0.15, 0.2) is 28.9 Å². The summed E-state index contributed by atoms with van der Waals surface area (Å²) in [6.07, 6.45) is 1.60. The van der Waals surface area contributed by atoms with E-state index in [1.165, 1.54) is 0 Å². The summed E-state index contributed by atoms with van der Waals surface area (Å²) in [5.74, 6) is -0.351. The van der Waals surface area contributed by atoms with E-state index in [0.29, 0.717) is 17.8 Å². The molecule has 19 heavy (non-hydrogen) atoms. The number of benzene rings is 1. The highest BCUT2D eigenvalue weighted by Gasteiger charge is 2.11. The number of carbonyl (C=O) groups is 1. The summed E-state index contributed by atoms with van der Waals surface area (Å²) in [6.45, 7) is 3.98. The van der Waals surface area contributed by atoms with Gasteiger partial charge < -0.3 is 15.5 Å². The standard InChI is InChI=1S/C14H15FN2O2/c1-8-3-4-19-13(8)7-17-12-6-10(14(16)18)5-11(15)9(12)2/h3-6,17H,7H2,1-2H3,(H2,16,18). The van der Waals surface area contributed by atoms with Gasteiger partial charge in [0.15, 0.2) is 0 Å². The number of furan rings is 1. The maximum atomic E-state index is 13.7. The second-order valence-corrected chi connectivity index (χ2v) is 4.38. The molecule has 0 saturated heterocycles. The third kappa shape index (κ3) is 2.76. The first kappa shape index (κ1) is 13.1. The molecule has 0 aliphatic heterocycles. The molecule has 0 bridgehead atoms. The third-order valence-corrected chi connectivity index (χ3v) is 3.04. The van der Waals surface area contributed by atoms with Gasteiger partial charge >= 0.3 is 0 Å². The molecule has 0 aliphatic rings. The number of hydrogen-bond acceptors (Lipinski definition) is 3. The Morgan fingerprint density at radius 1 is 1.42 bits per heavy atom. The van der Waals surface area contributed by atoms with Crippen LogP contribution in [-0.2, 0) is 6.54 Å². The Balaban J connectivity index is 2.24. The lowest BCUT2D eigenvalue weighted by Crippen LogP contribution is -2.13. The fourth-order valence-corrected chi connectivity index (χ4v) is 1.77. The second-order valence-electron chi connectivity index (χ2n) is 4.38. The first-order valence-electron chi connectivity index (χ1n) is 5.86. The minimum atomic E-state index is -0.656. The van der Waals surface area contributed by atoms with E-state index in [2.05, 4.69) is 5.32 Å². The highest BCUT2D eigenvalue weighted by atomic mass is 19.1. The molecule has 0 fully saturated rings. The lowest BCUT2D eigenvalue weighted by atomic mass is 10.1. The highest BCUT2D eigenvalue weighted by Crippen LogP contribution is 2.22. The van der Waals surface area contributed by atoms with Crippen LogP contribution in [0.2, 0.25) is 0 Å². The molecular weight excluding hydrogens is 247 g/mol. The van der Waals surface area contributed by atoms with Crippen molar-refractivity contribution in [3.63, 3.8) is 0 Å². The molecule has 1 aromatic heterocycles. The molecule has 0 spiro atoms. The first-order chi connectivity index (χ1) is 8.99. The van der Waals surface area contributed by atoms with Gasteiger partial charge in [0, 0.05) is 16.8 Å². The lowest BCUT2D eigenvalue weighted by Gasteiger charge is -2.11. The molecular formula is C14H15FN2O2. The van der Waals surface area contributed by atoms with Crippen molar-refractivity contribution in [3.8, 4) is 0 Å². The van der Waals surface area contributed by atoms with Gasteiger partial charge in [0.2, 0.25) is 5.91 Å². The van der Waals surface area contributed by atoms with Crippen molar-refractivity contribution >= 4 is 11.6 Å². The van der Waals surface area contributed by atoms with Crippen molar-refractivity contribution in [1.82, 2.24) is 0 Å². The van der Waals surface area contributed by atoms with E-state index < -0.39 is 11.7 Å². The minimum Gasteiger partial charge on any atom is -0.467 e. The van der Waals surface area contributed by atoms with Crippen LogP contribution in [-0.4, -0.2) is 5.91 Å². The summed E-state index contributed by atoms with van der Waals surface area (Å²) >= 11 is 0. The van der Waals surface area contributed by atoms with Crippen LogP contribution in [0.1, 0.15) is 27.2 Å². The largest absolute Gasteiger partial charge is 0.467 e. The first-order valence-corrected chi connectivity index (χ1v) is 5.86. The van der Waals surface area contributed by atoms with Crippen LogP contribution in [0.3, 0.4) is 0 Å². The molecule has 0 saturated carbocycles. The predicted octanol–water partition coefficient (Wildman–Crippen LogP) is 2.75. The predicted molar refractivity (Wildman–Crippen MR) is 70.4 cm³/mol. The van der Waals surface area contributed by atoms with Gasteiger partial charge in [-0.3, -0.25) is 4.79 Å². The average molecular weight is 262 g/mol. The molecule has 4 nitrogen and oxygen atoms in total. The number of halogens is 1. The molecule has 2 rings (SSSR count). The smallest absolute Gasteiger partial charge is 0.248 e. The van der Waals surface area contributed by atoms with Gasteiger partial charge in [-0.15, -0.1) is 0 Å². The van der Waals surface area contributed by atoms with E-state index in [1.807, 2.05) is 13.0 Å². The van der Waals surface area contributed by atoms with Crippen LogP contribution in [0.25, 0.3) is 0 Å². The molecule has 0 aliphatic carbocycles. The van der Waals surface area contributed by atoms with E-state index in [9.17, 15) is 9.18 Å². The molecule has 0 atom stereocenters. The van der Waals surface area contributed by atoms with Crippen molar-refractivity contribution in [2.45, 2.75) is 20.4 Å². The van der Waals surface area contributed by atoms with Crippen molar-refractivity contribution in [2.24, 2.45) is 5.73 Å². The van der Waals surface area contributed by atoms with Gasteiger partial charge in [0.25, 0.3) is 0 Å². The van der Waals surface area contributed by atoms with Crippen molar-refractivity contribution in [2.75, 3.05) is 5.32 Å². The third-order valence-electron chi connectivity index (χ3n) is 3.04. The normalized spacial score (nSPS) is 10.5. The number of nitrogens with two attached hydrogens (primary N) is 1. The zero-order chi connectivity index (χ0) is 14.0. The summed E-state index contributed by atoms with van der Waals surface area (Å²) in [4.78, 5) is 11.1. The Labute approximate surface area is 110 Å². The molecule has 3 N–H and O–H groups in total. The summed E-state index contributed by atoms with van der Waals surface area (Å²) in [5.41, 5.74) is 7.29. The number of amides is 1. The van der Waals surface area contributed by atoms with E-state index in [-0.39, 0.29) is 5.56 Å². The molecule has 5 heteroatoms. The zero-order valence-electron chi connectivity index (χ0n) is 10.8. The molecule has 0 unspecified atom stereocenters. The van der Waals surface area contributed by atoms with Crippen molar-refractivity contribution in [3.05, 3.63) is 52.7 Å². The minimum absolute atomic E-state index is 0.141. The number of carbonyl (C=O) groups excluding carboxylic acids is 1. The second kappa shape index (κ2) is 5.14. The molecule has 2 aromatic rings. The number of aryl methyl sites for hydroxylation is 1. The summed E-state index contributed by atoms with van der Waals surface area (Å²) in [7, 11) is 0. The average Bonchev–Trinajstić information content (AvgIpc) is 2.76. The summed E-state index contributed by atoms with van der Waals surface area (Å²) in [6, 6.07) is 4.53. The molecule has 1 aromatic carbocycles. The van der Waals surface area contributed by atoms with Gasteiger partial charge in [0.05, 0.1) is 12.8 Å². The van der Waals surface area contributed by atoms with Crippen LogP contribution in [0.4, 0.5) is 10.1 Å². The summed E-state index contributed by atoms with van der Waals surface area (Å²) < 4.78 is 19.0. The number of nitrogens with one attached hydrogen (secondary N) is 1. The Bertz CT molecular complexity index is 620. The van der Waals surface area contributed by atoms with E-state index in [1.54, 1.807) is 19.3 Å². The van der Waals surface area contributed by atoms with Crippen LogP contribution >= 0.6 is 0 Å². The quantitative estimate of drug-likeness (QED) is 0.890. The van der Waals surface area contributed by atoms with Crippen LogP contribution in [0, 0.1) is 19.7 Å². The number of primary amides is 1. The van der Waals surface area contributed by atoms with Crippen LogP contribution < -0.4 is 11.1 Å². The molecule has 100 valence electrons. The van der Waals surface area contributed by atoms with Crippen LogP contribution in [0.5, 0.6) is 0 Å². The number of hydrogen-bond donors (Lipinski definition) is 2. The van der Waals surface area contributed by atoms with E-state index >= 15 is 0 Å². The van der Waals surface area contributed by atoms with Gasteiger partial charge in [0.1, 0.15) is 11.6 Å². The van der Waals surface area contributed by atoms with E-state index in [0.717, 1.165) is 17.4 Å². The van der Waals surface area contributed by atoms with Crippen molar-refractivity contribution in [1.29, 1.82) is 0 Å². The van der Waals surface area contributed by atoms with Crippen molar-refractivity contribution < 1.29 is 13.6 Å². The number of rotatable bonds is 4. The fraction of sp³-hybridized carbons (Fsp3) is 0.214. The van der Waals surface area contributed by atoms with Gasteiger partial charge in [-0.1, -0.05) is 0 Å². The lowest BCUT2D eigenvalue weighted by molar-refractivity contribution is 0.1000. The summed E-state index contributed by atoms with van der Waals surface area (Å²) in [5, 5.41) is 3.05. The number of anilines is 1. The monoisotopic (exact) mass is 262 g/mol. The maximum Gasteiger partial charge on any atom is 0.248 e. The molecule has 1 amide bonds.